The van der Waals surface area contributed by atoms with Gasteiger partial charge in [-0.05, 0) is 24.3 Å². The molecule has 0 bridgehead atoms. The molecule has 0 saturated carbocycles. The summed E-state index contributed by atoms with van der Waals surface area (Å²) in [5, 5.41) is 5.77. The van der Waals surface area contributed by atoms with E-state index in [2.05, 4.69) is 15.1 Å². The zero-order chi connectivity index (χ0) is 17.7. The Balaban J connectivity index is 1.81. The van der Waals surface area contributed by atoms with Crippen LogP contribution >= 0.6 is 11.3 Å². The van der Waals surface area contributed by atoms with Gasteiger partial charge in [0.05, 0.1) is 18.0 Å². The summed E-state index contributed by atoms with van der Waals surface area (Å²) in [6, 6.07) is 17.0. The van der Waals surface area contributed by atoms with Crippen LogP contribution in [0.4, 0.5) is 0 Å². The summed E-state index contributed by atoms with van der Waals surface area (Å²) in [7, 11) is 1.61. The second-order valence-corrected chi connectivity index (χ2v) is 6.76. The van der Waals surface area contributed by atoms with Gasteiger partial charge in [-0.15, -0.1) is 5.10 Å². The Morgan fingerprint density at radius 3 is 2.69 bits per heavy atom. The highest BCUT2D eigenvalue weighted by Crippen LogP contribution is 2.26. The lowest BCUT2D eigenvalue weighted by Crippen LogP contribution is -2.13. The van der Waals surface area contributed by atoms with Crippen molar-refractivity contribution in [1.29, 1.82) is 0 Å². The van der Waals surface area contributed by atoms with E-state index in [1.165, 1.54) is 15.9 Å². The van der Waals surface area contributed by atoms with Gasteiger partial charge in [0.2, 0.25) is 4.96 Å². The van der Waals surface area contributed by atoms with Crippen LogP contribution in [0.5, 0.6) is 5.75 Å². The van der Waals surface area contributed by atoms with Gasteiger partial charge in [0.25, 0.3) is 5.56 Å². The van der Waals surface area contributed by atoms with Gasteiger partial charge >= 0.3 is 0 Å². The summed E-state index contributed by atoms with van der Waals surface area (Å²) >= 11 is 1.35. The number of nitrogens with zero attached hydrogens (tertiary/aromatic N) is 4. The standard InChI is InChI=1S/C19H12N4O2S/c1-25-13-7-8-15-12(9-13)10-14-17(20-15)26-19-21-16(22-23(19)18(14)24)11-5-3-2-4-6-11/h2-10H,1H3. The highest BCUT2D eigenvalue weighted by molar-refractivity contribution is 7.22. The van der Waals surface area contributed by atoms with E-state index in [1.807, 2.05) is 54.6 Å². The molecule has 5 rings (SSSR count). The maximum absolute atomic E-state index is 12.9. The molecule has 0 fully saturated rings. The van der Waals surface area contributed by atoms with Crippen molar-refractivity contribution in [3.63, 3.8) is 0 Å². The molecule has 7 heteroatoms. The van der Waals surface area contributed by atoms with Crippen LogP contribution in [0, 0.1) is 0 Å². The molecule has 5 aromatic rings. The first-order valence-corrected chi connectivity index (χ1v) is 8.78. The smallest absolute Gasteiger partial charge is 0.283 e. The molecule has 0 amide bonds. The van der Waals surface area contributed by atoms with Crippen molar-refractivity contribution < 1.29 is 4.74 Å². The molecule has 6 nitrogen and oxygen atoms in total. The predicted molar refractivity (Wildman–Crippen MR) is 102 cm³/mol. The van der Waals surface area contributed by atoms with E-state index < -0.39 is 0 Å². The molecule has 0 aliphatic rings. The zero-order valence-electron chi connectivity index (χ0n) is 13.7. The molecule has 126 valence electrons. The highest BCUT2D eigenvalue weighted by atomic mass is 32.1. The molecule has 0 N–H and O–H groups in total. The highest BCUT2D eigenvalue weighted by Gasteiger charge is 2.14. The molecule has 3 aromatic heterocycles. The molecule has 0 radical (unpaired) electrons. The topological polar surface area (TPSA) is 69.4 Å². The van der Waals surface area contributed by atoms with Gasteiger partial charge in [0, 0.05) is 10.9 Å². The van der Waals surface area contributed by atoms with Crippen LogP contribution in [0.1, 0.15) is 0 Å². The number of methoxy groups -OCH3 is 1. The Morgan fingerprint density at radius 2 is 1.88 bits per heavy atom. The van der Waals surface area contributed by atoms with E-state index in [4.69, 9.17) is 4.74 Å². The van der Waals surface area contributed by atoms with Crippen molar-refractivity contribution in [1.82, 2.24) is 19.6 Å². The van der Waals surface area contributed by atoms with Crippen molar-refractivity contribution in [2.24, 2.45) is 0 Å². The lowest BCUT2D eigenvalue weighted by Gasteiger charge is -2.03. The van der Waals surface area contributed by atoms with Crippen LogP contribution in [0.25, 0.3) is 37.5 Å². The number of hydrogen-bond acceptors (Lipinski definition) is 6. The van der Waals surface area contributed by atoms with Gasteiger partial charge in [-0.25, -0.2) is 4.98 Å². The summed E-state index contributed by atoms with van der Waals surface area (Å²) in [5.74, 6) is 1.25. The molecule has 3 heterocycles. The predicted octanol–water partition coefficient (Wildman–Crippen LogP) is 3.53. The molecule has 0 spiro atoms. The maximum Gasteiger partial charge on any atom is 0.283 e. The van der Waals surface area contributed by atoms with Crippen molar-refractivity contribution in [2.75, 3.05) is 7.11 Å². The minimum atomic E-state index is -0.222. The van der Waals surface area contributed by atoms with Gasteiger partial charge in [-0.3, -0.25) is 4.79 Å². The first-order valence-electron chi connectivity index (χ1n) is 7.97. The number of aromatic nitrogens is 4. The van der Waals surface area contributed by atoms with Crippen molar-refractivity contribution in [2.45, 2.75) is 0 Å². The molecular weight excluding hydrogens is 348 g/mol. The van der Waals surface area contributed by atoms with E-state index >= 15 is 0 Å². The number of rotatable bonds is 2. The van der Waals surface area contributed by atoms with Gasteiger partial charge in [0.15, 0.2) is 5.82 Å². The molecule has 0 aliphatic heterocycles. The first-order chi connectivity index (χ1) is 12.7. The summed E-state index contributed by atoms with van der Waals surface area (Å²) in [6.45, 7) is 0. The SMILES string of the molecule is COc1ccc2nc3sc4nc(-c5ccccc5)nn4c(=O)c3cc2c1. The van der Waals surface area contributed by atoms with E-state index in [9.17, 15) is 4.79 Å². The number of ether oxygens (including phenoxy) is 1. The molecule has 0 aliphatic carbocycles. The third-order valence-electron chi connectivity index (χ3n) is 4.21. The van der Waals surface area contributed by atoms with Crippen LogP contribution in [0.15, 0.2) is 59.4 Å². The van der Waals surface area contributed by atoms with E-state index in [1.54, 1.807) is 7.11 Å². The zero-order valence-corrected chi connectivity index (χ0v) is 14.5. The quantitative estimate of drug-likeness (QED) is 0.451. The van der Waals surface area contributed by atoms with Crippen molar-refractivity contribution in [3.05, 3.63) is 65.0 Å². The summed E-state index contributed by atoms with van der Waals surface area (Å²) < 4.78 is 6.61. The van der Waals surface area contributed by atoms with Crippen LogP contribution in [-0.4, -0.2) is 26.7 Å². The normalized spacial score (nSPS) is 11.4. The number of hydrogen-bond donors (Lipinski definition) is 0. The van der Waals surface area contributed by atoms with Crippen molar-refractivity contribution >= 4 is 37.4 Å². The lowest BCUT2D eigenvalue weighted by molar-refractivity contribution is 0.415. The fourth-order valence-electron chi connectivity index (χ4n) is 2.90. The average Bonchev–Trinajstić information content (AvgIpc) is 3.11. The van der Waals surface area contributed by atoms with Gasteiger partial charge in [0.1, 0.15) is 10.6 Å². The van der Waals surface area contributed by atoms with Gasteiger partial charge < -0.3 is 4.74 Å². The van der Waals surface area contributed by atoms with Gasteiger partial charge in [-0.2, -0.15) is 9.50 Å². The van der Waals surface area contributed by atoms with E-state index in [-0.39, 0.29) is 5.56 Å². The minimum absolute atomic E-state index is 0.222. The third-order valence-corrected chi connectivity index (χ3v) is 5.16. The largest absolute Gasteiger partial charge is 0.497 e. The van der Waals surface area contributed by atoms with E-state index in [0.29, 0.717) is 21.0 Å². The molecule has 2 aromatic carbocycles. The molecule has 0 atom stereocenters. The van der Waals surface area contributed by atoms with E-state index in [0.717, 1.165) is 22.2 Å². The summed E-state index contributed by atoms with van der Waals surface area (Å²) in [4.78, 5) is 23.2. The fraction of sp³-hybridized carbons (Fsp3) is 0.0526. The molecule has 26 heavy (non-hydrogen) atoms. The van der Waals surface area contributed by atoms with Crippen LogP contribution in [0.2, 0.25) is 0 Å². The number of benzene rings is 2. The maximum atomic E-state index is 12.9. The summed E-state index contributed by atoms with van der Waals surface area (Å²) in [5.41, 5.74) is 1.46. The average molecular weight is 360 g/mol. The minimum Gasteiger partial charge on any atom is -0.497 e. The van der Waals surface area contributed by atoms with Crippen molar-refractivity contribution in [3.8, 4) is 17.1 Å². The Hall–Kier alpha value is -3.32. The van der Waals surface area contributed by atoms with Crippen LogP contribution < -0.4 is 10.3 Å². The first kappa shape index (κ1) is 15.0. The number of fused-ring (bicyclic) bond motifs is 3. The molecular formula is C19H12N4O2S. The number of pyridine rings is 1. The Kier molecular flexibility index (Phi) is 3.23. The Bertz CT molecular complexity index is 1340. The second-order valence-electron chi connectivity index (χ2n) is 5.80. The fourth-order valence-corrected chi connectivity index (χ4v) is 3.82. The summed E-state index contributed by atoms with van der Waals surface area (Å²) in [6.07, 6.45) is 0. The van der Waals surface area contributed by atoms with Crippen LogP contribution in [-0.2, 0) is 0 Å². The van der Waals surface area contributed by atoms with Gasteiger partial charge in [-0.1, -0.05) is 41.7 Å². The monoisotopic (exact) mass is 360 g/mol. The second kappa shape index (κ2) is 5.60. The Morgan fingerprint density at radius 1 is 1.04 bits per heavy atom. The molecule has 0 saturated heterocycles. The lowest BCUT2D eigenvalue weighted by atomic mass is 10.2. The van der Waals surface area contributed by atoms with Crippen LogP contribution in [0.3, 0.4) is 0 Å². The Labute approximate surface area is 151 Å². The molecule has 0 unspecified atom stereocenters. The third kappa shape index (κ3) is 2.25.